The monoisotopic (exact) mass is 278 g/mol. The van der Waals surface area contributed by atoms with Gasteiger partial charge in [0.05, 0.1) is 19.8 Å². The fraction of sp³-hybridized carbons (Fsp3) is 0.625. The summed E-state index contributed by atoms with van der Waals surface area (Å²) in [6.45, 7) is 8.88. The molecule has 1 aromatic carbocycles. The van der Waals surface area contributed by atoms with Crippen molar-refractivity contribution in [3.05, 3.63) is 35.4 Å². The lowest BCUT2D eigenvalue weighted by Crippen LogP contribution is -2.44. The van der Waals surface area contributed by atoms with Gasteiger partial charge in [-0.05, 0) is 25.0 Å². The summed E-state index contributed by atoms with van der Waals surface area (Å²) in [6, 6.07) is 8.82. The normalized spacial score (nSPS) is 19.8. The van der Waals surface area contributed by atoms with E-state index in [1.54, 1.807) is 0 Å². The third-order valence-corrected chi connectivity index (χ3v) is 3.87. The molecule has 1 heterocycles. The quantitative estimate of drug-likeness (QED) is 0.824. The number of hydrogen-bond donors (Lipinski definition) is 2. The van der Waals surface area contributed by atoms with Crippen molar-refractivity contribution in [3.8, 4) is 0 Å². The van der Waals surface area contributed by atoms with Gasteiger partial charge in [0.15, 0.2) is 0 Å². The Balaban J connectivity index is 2.09. The summed E-state index contributed by atoms with van der Waals surface area (Å²) < 4.78 is 5.41. The number of aliphatic hydroxyl groups excluding tert-OH is 1. The second-order valence-corrected chi connectivity index (χ2v) is 5.57. The standard InChI is InChI=1S/C16H26N2O2/c1-13-5-3-4-6-15(13)16(17-14(2)12-19)11-18-7-9-20-10-8-18/h3-6,14,16-17,19H,7-12H2,1-2H3/t14-,16+/m0/s1. The van der Waals surface area contributed by atoms with E-state index in [0.29, 0.717) is 0 Å². The molecule has 1 aromatic rings. The summed E-state index contributed by atoms with van der Waals surface area (Å²) in [6.07, 6.45) is 0. The van der Waals surface area contributed by atoms with Crippen LogP contribution in [0.3, 0.4) is 0 Å². The van der Waals surface area contributed by atoms with E-state index in [9.17, 15) is 5.11 Å². The van der Waals surface area contributed by atoms with Crippen molar-refractivity contribution in [1.29, 1.82) is 0 Å². The van der Waals surface area contributed by atoms with E-state index in [1.807, 2.05) is 6.92 Å². The minimum absolute atomic E-state index is 0.0978. The van der Waals surface area contributed by atoms with E-state index in [2.05, 4.69) is 41.4 Å². The van der Waals surface area contributed by atoms with Crippen LogP contribution in [0.4, 0.5) is 0 Å². The molecule has 0 aromatic heterocycles. The molecule has 0 saturated carbocycles. The fourth-order valence-corrected chi connectivity index (χ4v) is 2.66. The minimum Gasteiger partial charge on any atom is -0.395 e. The van der Waals surface area contributed by atoms with Gasteiger partial charge in [-0.15, -0.1) is 0 Å². The maximum absolute atomic E-state index is 9.31. The molecule has 1 saturated heterocycles. The van der Waals surface area contributed by atoms with Gasteiger partial charge < -0.3 is 15.2 Å². The Morgan fingerprint density at radius 1 is 1.30 bits per heavy atom. The molecule has 4 heteroatoms. The van der Waals surface area contributed by atoms with Crippen LogP contribution in [-0.4, -0.2) is 55.5 Å². The molecule has 0 spiro atoms. The van der Waals surface area contributed by atoms with Gasteiger partial charge in [-0.2, -0.15) is 0 Å². The second-order valence-electron chi connectivity index (χ2n) is 5.57. The molecule has 0 radical (unpaired) electrons. The summed E-state index contributed by atoms with van der Waals surface area (Å²) >= 11 is 0. The molecule has 1 aliphatic heterocycles. The maximum atomic E-state index is 9.31. The van der Waals surface area contributed by atoms with Gasteiger partial charge in [-0.25, -0.2) is 0 Å². The van der Waals surface area contributed by atoms with Crippen LogP contribution in [0.15, 0.2) is 24.3 Å². The lowest BCUT2D eigenvalue weighted by atomic mass is 10.00. The predicted molar refractivity (Wildman–Crippen MR) is 80.9 cm³/mol. The number of nitrogens with zero attached hydrogens (tertiary/aromatic N) is 1. The van der Waals surface area contributed by atoms with E-state index in [4.69, 9.17) is 4.74 Å². The van der Waals surface area contributed by atoms with Gasteiger partial charge in [-0.3, -0.25) is 4.90 Å². The molecule has 4 nitrogen and oxygen atoms in total. The van der Waals surface area contributed by atoms with Gasteiger partial charge in [0.1, 0.15) is 0 Å². The van der Waals surface area contributed by atoms with E-state index in [0.717, 1.165) is 32.8 Å². The summed E-state index contributed by atoms with van der Waals surface area (Å²) in [7, 11) is 0. The summed E-state index contributed by atoms with van der Waals surface area (Å²) in [5, 5.41) is 12.8. The highest BCUT2D eigenvalue weighted by Gasteiger charge is 2.20. The van der Waals surface area contributed by atoms with Crippen molar-refractivity contribution in [2.24, 2.45) is 0 Å². The first kappa shape index (κ1) is 15.4. The Labute approximate surface area is 121 Å². The van der Waals surface area contributed by atoms with E-state index in [1.165, 1.54) is 11.1 Å². The lowest BCUT2D eigenvalue weighted by molar-refractivity contribution is 0.0324. The van der Waals surface area contributed by atoms with Gasteiger partial charge >= 0.3 is 0 Å². The largest absolute Gasteiger partial charge is 0.395 e. The van der Waals surface area contributed by atoms with Crippen molar-refractivity contribution < 1.29 is 9.84 Å². The van der Waals surface area contributed by atoms with Crippen LogP contribution >= 0.6 is 0 Å². The maximum Gasteiger partial charge on any atom is 0.0594 e. The molecule has 0 amide bonds. The molecule has 112 valence electrons. The van der Waals surface area contributed by atoms with Gasteiger partial charge in [-0.1, -0.05) is 24.3 Å². The van der Waals surface area contributed by atoms with Crippen molar-refractivity contribution in [2.45, 2.75) is 25.9 Å². The first-order valence-electron chi connectivity index (χ1n) is 7.43. The Morgan fingerprint density at radius 2 is 2.00 bits per heavy atom. The van der Waals surface area contributed by atoms with Crippen molar-refractivity contribution in [2.75, 3.05) is 39.5 Å². The fourth-order valence-electron chi connectivity index (χ4n) is 2.66. The number of morpholine rings is 1. The van der Waals surface area contributed by atoms with Gasteiger partial charge in [0.2, 0.25) is 0 Å². The van der Waals surface area contributed by atoms with Crippen molar-refractivity contribution in [1.82, 2.24) is 10.2 Å². The van der Waals surface area contributed by atoms with Crippen molar-refractivity contribution >= 4 is 0 Å². The molecule has 2 atom stereocenters. The first-order chi connectivity index (χ1) is 9.70. The predicted octanol–water partition coefficient (Wildman–Crippen LogP) is 1.34. The zero-order chi connectivity index (χ0) is 14.4. The highest BCUT2D eigenvalue weighted by atomic mass is 16.5. The molecule has 0 unspecified atom stereocenters. The first-order valence-corrected chi connectivity index (χ1v) is 7.43. The van der Waals surface area contributed by atoms with Crippen LogP contribution in [-0.2, 0) is 4.74 Å². The van der Waals surface area contributed by atoms with Crippen LogP contribution in [0.2, 0.25) is 0 Å². The Bertz CT molecular complexity index is 405. The smallest absolute Gasteiger partial charge is 0.0594 e. The van der Waals surface area contributed by atoms with Crippen LogP contribution in [0.5, 0.6) is 0 Å². The molecule has 0 bridgehead atoms. The van der Waals surface area contributed by atoms with Crippen LogP contribution in [0.25, 0.3) is 0 Å². The van der Waals surface area contributed by atoms with Gasteiger partial charge in [0.25, 0.3) is 0 Å². The molecular weight excluding hydrogens is 252 g/mol. The zero-order valence-corrected chi connectivity index (χ0v) is 12.5. The number of benzene rings is 1. The molecule has 2 N–H and O–H groups in total. The average Bonchev–Trinajstić information content (AvgIpc) is 2.48. The summed E-state index contributed by atoms with van der Waals surface area (Å²) in [5.74, 6) is 0. The van der Waals surface area contributed by atoms with E-state index in [-0.39, 0.29) is 18.7 Å². The van der Waals surface area contributed by atoms with Crippen LogP contribution in [0.1, 0.15) is 24.1 Å². The van der Waals surface area contributed by atoms with Crippen molar-refractivity contribution in [3.63, 3.8) is 0 Å². The van der Waals surface area contributed by atoms with Crippen LogP contribution < -0.4 is 5.32 Å². The number of aliphatic hydroxyl groups is 1. The molecular formula is C16H26N2O2. The number of rotatable bonds is 6. The Morgan fingerprint density at radius 3 is 2.65 bits per heavy atom. The van der Waals surface area contributed by atoms with E-state index < -0.39 is 0 Å². The molecule has 1 fully saturated rings. The third-order valence-electron chi connectivity index (χ3n) is 3.87. The number of nitrogens with one attached hydrogen (secondary N) is 1. The Hall–Kier alpha value is -0.940. The zero-order valence-electron chi connectivity index (χ0n) is 12.5. The SMILES string of the molecule is Cc1ccccc1[C@@H](CN1CCOCC1)N[C@@H](C)CO. The van der Waals surface area contributed by atoms with Gasteiger partial charge in [0, 0.05) is 31.7 Å². The summed E-state index contributed by atoms with van der Waals surface area (Å²) in [5.41, 5.74) is 2.61. The molecule has 2 rings (SSSR count). The number of hydrogen-bond acceptors (Lipinski definition) is 4. The molecule has 0 aliphatic carbocycles. The molecule has 20 heavy (non-hydrogen) atoms. The third kappa shape index (κ3) is 4.28. The number of ether oxygens (including phenoxy) is 1. The minimum atomic E-state index is 0.0978. The second kappa shape index (κ2) is 7.74. The topological polar surface area (TPSA) is 44.7 Å². The highest BCUT2D eigenvalue weighted by Crippen LogP contribution is 2.20. The Kier molecular flexibility index (Phi) is 5.98. The van der Waals surface area contributed by atoms with Crippen LogP contribution in [0, 0.1) is 6.92 Å². The lowest BCUT2D eigenvalue weighted by Gasteiger charge is -2.33. The van der Waals surface area contributed by atoms with E-state index >= 15 is 0 Å². The number of aryl methyl sites for hydroxylation is 1. The summed E-state index contributed by atoms with van der Waals surface area (Å²) in [4.78, 5) is 2.43. The highest BCUT2D eigenvalue weighted by molar-refractivity contribution is 5.29. The molecule has 1 aliphatic rings. The average molecular weight is 278 g/mol.